The minimum absolute atomic E-state index is 0.0539. The summed E-state index contributed by atoms with van der Waals surface area (Å²) in [5.41, 5.74) is 2.53. The van der Waals surface area contributed by atoms with Gasteiger partial charge in [0.05, 0.1) is 4.90 Å². The highest BCUT2D eigenvalue weighted by atomic mass is 32.2. The van der Waals surface area contributed by atoms with E-state index >= 15 is 0 Å². The predicted octanol–water partition coefficient (Wildman–Crippen LogP) is 2.98. The van der Waals surface area contributed by atoms with Crippen LogP contribution in [-0.4, -0.2) is 31.9 Å². The fraction of sp³-hybridized carbons (Fsp3) is 0.250. The highest BCUT2D eigenvalue weighted by Crippen LogP contribution is 2.28. The van der Waals surface area contributed by atoms with Gasteiger partial charge in [0.15, 0.2) is 0 Å². The van der Waals surface area contributed by atoms with Crippen LogP contribution in [0.5, 0.6) is 5.75 Å². The number of phenolic OH excluding ortho intramolecular Hbond substituents is 1. The third kappa shape index (κ3) is 3.61. The van der Waals surface area contributed by atoms with Gasteiger partial charge in [-0.3, -0.25) is 0 Å². The summed E-state index contributed by atoms with van der Waals surface area (Å²) < 4.78 is 31.2. The van der Waals surface area contributed by atoms with Crippen molar-refractivity contribution in [3.05, 3.63) is 63.5 Å². The molecule has 3 rings (SSSR count). The van der Waals surface area contributed by atoms with Gasteiger partial charge in [0.25, 0.3) is 0 Å². The molecule has 0 fully saturated rings. The van der Waals surface area contributed by atoms with Crippen molar-refractivity contribution >= 4 is 26.7 Å². The number of rotatable bonds is 5. The molecule has 0 saturated heterocycles. The fourth-order valence-electron chi connectivity index (χ4n) is 2.92. The molecule has 0 atom stereocenters. The molecule has 0 saturated carbocycles. The van der Waals surface area contributed by atoms with E-state index in [0.717, 1.165) is 9.87 Å². The average Bonchev–Trinajstić information content (AvgIpc) is 2.63. The molecule has 1 heterocycles. The number of nitrogens with one attached hydrogen (secondary N) is 1. The van der Waals surface area contributed by atoms with Crippen molar-refractivity contribution in [2.45, 2.75) is 25.3 Å². The molecule has 0 bridgehead atoms. The number of benzene rings is 2. The second-order valence-electron chi connectivity index (χ2n) is 6.79. The summed E-state index contributed by atoms with van der Waals surface area (Å²) >= 11 is 0. The molecule has 0 aliphatic carbocycles. The molecule has 8 heteroatoms. The van der Waals surface area contributed by atoms with Gasteiger partial charge < -0.3 is 14.8 Å². The van der Waals surface area contributed by atoms with Gasteiger partial charge in [-0.25, -0.2) is 17.5 Å². The van der Waals surface area contributed by atoms with E-state index in [1.165, 1.54) is 20.2 Å². The Hall–Kier alpha value is -2.84. The molecule has 28 heavy (non-hydrogen) atoms. The van der Waals surface area contributed by atoms with E-state index in [0.29, 0.717) is 34.3 Å². The van der Waals surface area contributed by atoms with Gasteiger partial charge in [0, 0.05) is 43.3 Å². The number of hydrogen-bond donors (Lipinski definition) is 2. The van der Waals surface area contributed by atoms with E-state index in [4.69, 9.17) is 4.42 Å². The number of hydrogen-bond acceptors (Lipinski definition) is 6. The van der Waals surface area contributed by atoms with E-state index in [2.05, 4.69) is 5.32 Å². The van der Waals surface area contributed by atoms with Gasteiger partial charge >= 0.3 is 5.63 Å². The number of nitrogens with zero attached hydrogens (tertiary/aromatic N) is 1. The molecule has 0 aliphatic rings. The van der Waals surface area contributed by atoms with Crippen LogP contribution in [-0.2, 0) is 16.6 Å². The Morgan fingerprint density at radius 3 is 2.50 bits per heavy atom. The zero-order valence-corrected chi connectivity index (χ0v) is 16.9. The van der Waals surface area contributed by atoms with Crippen LogP contribution in [0.2, 0.25) is 0 Å². The maximum absolute atomic E-state index is 12.4. The van der Waals surface area contributed by atoms with Gasteiger partial charge in [-0.1, -0.05) is 6.07 Å². The number of anilines is 1. The first-order valence-electron chi connectivity index (χ1n) is 8.63. The molecule has 3 aromatic rings. The Bertz CT molecular complexity index is 1210. The minimum Gasteiger partial charge on any atom is -0.508 e. The molecule has 0 radical (unpaired) electrons. The summed E-state index contributed by atoms with van der Waals surface area (Å²) in [4.78, 5) is 12.1. The van der Waals surface area contributed by atoms with Crippen LogP contribution < -0.4 is 10.9 Å². The largest absolute Gasteiger partial charge is 0.508 e. The maximum atomic E-state index is 12.4. The number of phenols is 1. The minimum atomic E-state index is -3.55. The third-order valence-electron chi connectivity index (χ3n) is 4.67. The second-order valence-corrected chi connectivity index (χ2v) is 8.95. The van der Waals surface area contributed by atoms with E-state index in [1.54, 1.807) is 37.3 Å². The maximum Gasteiger partial charge on any atom is 0.336 e. The zero-order valence-electron chi connectivity index (χ0n) is 16.1. The summed E-state index contributed by atoms with van der Waals surface area (Å²) in [6.45, 7) is 3.84. The summed E-state index contributed by atoms with van der Waals surface area (Å²) in [6.07, 6.45) is 0. The van der Waals surface area contributed by atoms with Crippen molar-refractivity contribution < 1.29 is 17.9 Å². The lowest BCUT2D eigenvalue weighted by atomic mass is 10.1. The first-order valence-corrected chi connectivity index (χ1v) is 10.1. The Kier molecular flexibility index (Phi) is 5.18. The molecule has 0 spiro atoms. The molecule has 7 nitrogen and oxygen atoms in total. The lowest BCUT2D eigenvalue weighted by Crippen LogP contribution is -2.22. The standard InChI is InChI=1S/C20H22N2O5S/c1-12-5-6-15(28(25,26)22(3)4)10-17(12)21-11-14-9-19(24)27-20-13(2)18(23)8-7-16(14)20/h5-10,21,23H,11H2,1-4H3. The molecule has 0 amide bonds. The lowest BCUT2D eigenvalue weighted by Gasteiger charge is -2.15. The van der Waals surface area contributed by atoms with Crippen molar-refractivity contribution in [2.75, 3.05) is 19.4 Å². The van der Waals surface area contributed by atoms with E-state index in [-0.39, 0.29) is 10.6 Å². The van der Waals surface area contributed by atoms with Crippen molar-refractivity contribution in [3.8, 4) is 5.75 Å². The smallest absolute Gasteiger partial charge is 0.336 e. The Morgan fingerprint density at radius 1 is 1.11 bits per heavy atom. The molecule has 0 aliphatic heterocycles. The Labute approximate surface area is 163 Å². The monoisotopic (exact) mass is 402 g/mol. The van der Waals surface area contributed by atoms with Crippen molar-refractivity contribution in [1.82, 2.24) is 4.31 Å². The van der Waals surface area contributed by atoms with Gasteiger partial charge in [0.1, 0.15) is 11.3 Å². The highest BCUT2D eigenvalue weighted by Gasteiger charge is 2.18. The zero-order chi connectivity index (χ0) is 20.6. The van der Waals surface area contributed by atoms with E-state index in [1.807, 2.05) is 6.92 Å². The fourth-order valence-corrected chi connectivity index (χ4v) is 3.84. The number of aromatic hydroxyl groups is 1. The first kappa shape index (κ1) is 19.9. The van der Waals surface area contributed by atoms with Gasteiger partial charge in [-0.05, 0) is 49.2 Å². The van der Waals surface area contributed by atoms with E-state index in [9.17, 15) is 18.3 Å². The molecular formula is C20H22N2O5S. The number of aryl methyl sites for hydroxylation is 2. The predicted molar refractivity (Wildman–Crippen MR) is 108 cm³/mol. The number of fused-ring (bicyclic) bond motifs is 1. The van der Waals surface area contributed by atoms with Crippen molar-refractivity contribution in [3.63, 3.8) is 0 Å². The topological polar surface area (TPSA) is 99.9 Å². The SMILES string of the molecule is Cc1ccc(S(=O)(=O)N(C)C)cc1NCc1cc(=O)oc2c(C)c(O)ccc12. The lowest BCUT2D eigenvalue weighted by molar-refractivity contribution is 0.468. The Morgan fingerprint density at radius 2 is 1.82 bits per heavy atom. The van der Waals surface area contributed by atoms with Crippen molar-refractivity contribution in [2.24, 2.45) is 0 Å². The molecular weight excluding hydrogens is 380 g/mol. The molecule has 148 valence electrons. The molecule has 2 aromatic carbocycles. The van der Waals surface area contributed by atoms with Gasteiger partial charge in [0.2, 0.25) is 10.0 Å². The average molecular weight is 402 g/mol. The quantitative estimate of drug-likeness (QED) is 0.637. The highest BCUT2D eigenvalue weighted by molar-refractivity contribution is 7.89. The molecule has 2 N–H and O–H groups in total. The van der Waals surface area contributed by atoms with Crippen LogP contribution in [0.4, 0.5) is 5.69 Å². The summed E-state index contributed by atoms with van der Waals surface area (Å²) in [5.74, 6) is 0.0539. The van der Waals surface area contributed by atoms with Crippen LogP contribution >= 0.6 is 0 Å². The third-order valence-corrected chi connectivity index (χ3v) is 6.49. The first-order chi connectivity index (χ1) is 13.1. The normalized spacial score (nSPS) is 11.9. The van der Waals surface area contributed by atoms with Gasteiger partial charge in [-0.2, -0.15) is 0 Å². The van der Waals surface area contributed by atoms with Gasteiger partial charge in [-0.15, -0.1) is 0 Å². The van der Waals surface area contributed by atoms with Crippen LogP contribution in [0, 0.1) is 13.8 Å². The van der Waals surface area contributed by atoms with Crippen LogP contribution in [0.25, 0.3) is 11.0 Å². The molecule has 1 aromatic heterocycles. The summed E-state index contributed by atoms with van der Waals surface area (Å²) in [7, 11) is -0.587. The Balaban J connectivity index is 1.99. The number of sulfonamides is 1. The molecule has 0 unspecified atom stereocenters. The van der Waals surface area contributed by atoms with E-state index < -0.39 is 15.6 Å². The summed E-state index contributed by atoms with van der Waals surface area (Å²) in [5, 5.41) is 13.8. The van der Waals surface area contributed by atoms with Crippen LogP contribution in [0.1, 0.15) is 16.7 Å². The van der Waals surface area contributed by atoms with Crippen LogP contribution in [0.15, 0.2) is 50.5 Å². The van der Waals surface area contributed by atoms with Crippen LogP contribution in [0.3, 0.4) is 0 Å². The summed E-state index contributed by atoms with van der Waals surface area (Å²) in [6, 6.07) is 9.51. The van der Waals surface area contributed by atoms with Crippen molar-refractivity contribution in [1.29, 1.82) is 0 Å². The second kappa shape index (κ2) is 7.29.